The number of benzene rings is 2. The maximum atomic E-state index is 12.0. The van der Waals surface area contributed by atoms with E-state index in [1.807, 2.05) is 5.43 Å². The maximum Gasteiger partial charge on any atom is 0.338 e. The molecule has 14 heteroatoms. The lowest BCUT2D eigenvalue weighted by Gasteiger charge is -2.06. The first kappa shape index (κ1) is 28.9. The third kappa shape index (κ3) is 8.69. The van der Waals surface area contributed by atoms with Gasteiger partial charge in [0.15, 0.2) is 0 Å². The molecule has 0 radical (unpaired) electrons. The van der Waals surface area contributed by atoms with E-state index in [1.54, 1.807) is 6.92 Å². The Morgan fingerprint density at radius 3 is 2.21 bits per heavy atom. The van der Waals surface area contributed by atoms with Gasteiger partial charge in [0.1, 0.15) is 11.5 Å². The number of halogens is 2. The molecule has 0 atom stereocenters. The minimum Gasteiger partial charge on any atom is -0.462 e. The number of nitrogens with one attached hydrogen (secondary N) is 4. The summed E-state index contributed by atoms with van der Waals surface area (Å²) in [7, 11) is 0. The van der Waals surface area contributed by atoms with Crippen molar-refractivity contribution in [3.05, 3.63) is 81.7 Å². The van der Waals surface area contributed by atoms with Gasteiger partial charge in [0.25, 0.3) is 0 Å². The molecule has 3 rings (SSSR count). The summed E-state index contributed by atoms with van der Waals surface area (Å²) in [5, 5.41) is 11.3. The molecule has 2 aromatic carbocycles. The highest BCUT2D eigenvalue weighted by molar-refractivity contribution is 6.43. The van der Waals surface area contributed by atoms with Crippen LogP contribution in [0.5, 0.6) is 0 Å². The van der Waals surface area contributed by atoms with Crippen molar-refractivity contribution in [1.29, 1.82) is 0 Å². The minimum absolute atomic E-state index is 0.106. The number of carbonyl (C=O) groups is 5. The van der Waals surface area contributed by atoms with Crippen molar-refractivity contribution in [1.82, 2.24) is 10.7 Å². The lowest BCUT2D eigenvalue weighted by atomic mass is 10.2. The van der Waals surface area contributed by atoms with E-state index in [0.29, 0.717) is 22.0 Å². The van der Waals surface area contributed by atoms with Gasteiger partial charge >= 0.3 is 29.6 Å². The van der Waals surface area contributed by atoms with Gasteiger partial charge in [0, 0.05) is 11.4 Å². The van der Waals surface area contributed by atoms with Crippen LogP contribution in [0, 0.1) is 0 Å². The Hall–Kier alpha value is -4.68. The summed E-state index contributed by atoms with van der Waals surface area (Å²) in [6, 6.07) is 13.2. The number of rotatable bonds is 8. The fraction of sp³-hybridized carbons (Fsp3) is 0.120. The average Bonchev–Trinajstić information content (AvgIpc) is 3.37. The predicted octanol–water partition coefficient (Wildman–Crippen LogP) is 3.11. The molecule has 4 N–H and O–H groups in total. The molecule has 202 valence electrons. The standard InChI is InChI=1S/C25H21Cl2N5O7/c1-2-38-25(37)14-3-5-15(6-4-14)30-23(35)24(36)32-29-13-18-9-8-17(39-18)12-28-21(33)22(34)31-16-7-10-19(26)20(27)11-16/h3-11,13H,2,12H2,1H3,(H,28,33)(H,30,35)(H,31,34)(H,32,36)/b29-13+. The summed E-state index contributed by atoms with van der Waals surface area (Å²) in [5.41, 5.74) is 2.93. The van der Waals surface area contributed by atoms with Gasteiger partial charge in [-0.15, -0.1) is 0 Å². The van der Waals surface area contributed by atoms with Crippen molar-refractivity contribution >= 4 is 70.4 Å². The third-order valence-electron chi connectivity index (χ3n) is 4.71. The fourth-order valence-corrected chi connectivity index (χ4v) is 3.16. The molecule has 39 heavy (non-hydrogen) atoms. The summed E-state index contributed by atoms with van der Waals surface area (Å²) in [6.07, 6.45) is 1.14. The van der Waals surface area contributed by atoms with Crippen LogP contribution in [0.2, 0.25) is 10.0 Å². The number of nitrogens with zero attached hydrogens (tertiary/aromatic N) is 1. The first-order chi connectivity index (χ1) is 18.7. The van der Waals surface area contributed by atoms with Gasteiger partial charge in [0.05, 0.1) is 35.0 Å². The molecule has 1 aromatic heterocycles. The molecular weight excluding hydrogens is 553 g/mol. The molecule has 0 saturated heterocycles. The third-order valence-corrected chi connectivity index (χ3v) is 5.45. The number of anilines is 2. The number of esters is 1. The van der Waals surface area contributed by atoms with Crippen LogP contribution in [0.1, 0.15) is 28.8 Å². The first-order valence-electron chi connectivity index (χ1n) is 11.2. The van der Waals surface area contributed by atoms with Crippen molar-refractivity contribution in [2.75, 3.05) is 17.2 Å². The molecule has 0 spiro atoms. The Balaban J connectivity index is 1.43. The van der Waals surface area contributed by atoms with Crippen molar-refractivity contribution in [3.63, 3.8) is 0 Å². The number of hydrazone groups is 1. The van der Waals surface area contributed by atoms with Crippen molar-refractivity contribution < 1.29 is 33.1 Å². The van der Waals surface area contributed by atoms with Crippen LogP contribution in [0.25, 0.3) is 0 Å². The largest absolute Gasteiger partial charge is 0.462 e. The second-order valence-electron chi connectivity index (χ2n) is 7.52. The van der Waals surface area contributed by atoms with Gasteiger partial charge in [-0.05, 0) is 61.5 Å². The summed E-state index contributed by atoms with van der Waals surface area (Å²) < 4.78 is 10.3. The van der Waals surface area contributed by atoms with Crippen LogP contribution in [0.4, 0.5) is 11.4 Å². The highest BCUT2D eigenvalue weighted by atomic mass is 35.5. The molecule has 3 aromatic rings. The zero-order valence-electron chi connectivity index (χ0n) is 20.2. The summed E-state index contributed by atoms with van der Waals surface area (Å²) >= 11 is 11.7. The topological polar surface area (TPSA) is 168 Å². The molecule has 0 bridgehead atoms. The molecule has 12 nitrogen and oxygen atoms in total. The first-order valence-corrected chi connectivity index (χ1v) is 12.0. The number of furan rings is 1. The van der Waals surface area contributed by atoms with Crippen LogP contribution < -0.4 is 21.4 Å². The van der Waals surface area contributed by atoms with E-state index < -0.39 is 29.6 Å². The van der Waals surface area contributed by atoms with Crippen LogP contribution in [-0.4, -0.2) is 42.4 Å². The second-order valence-corrected chi connectivity index (χ2v) is 8.34. The van der Waals surface area contributed by atoms with E-state index in [1.165, 1.54) is 54.6 Å². The lowest BCUT2D eigenvalue weighted by Crippen LogP contribution is -2.34. The Kier molecular flexibility index (Phi) is 10.2. The van der Waals surface area contributed by atoms with Crippen LogP contribution in [0.15, 0.2) is 64.1 Å². The van der Waals surface area contributed by atoms with Gasteiger partial charge in [-0.2, -0.15) is 5.10 Å². The minimum atomic E-state index is -1.05. The maximum absolute atomic E-state index is 12.0. The van der Waals surface area contributed by atoms with E-state index in [-0.39, 0.29) is 29.6 Å². The van der Waals surface area contributed by atoms with Crippen LogP contribution in [-0.2, 0) is 30.5 Å². The quantitative estimate of drug-likeness (QED) is 0.139. The normalized spacial score (nSPS) is 10.5. The summed E-state index contributed by atoms with van der Waals surface area (Å²) in [4.78, 5) is 59.7. The zero-order valence-corrected chi connectivity index (χ0v) is 21.8. The van der Waals surface area contributed by atoms with Crippen molar-refractivity contribution in [3.8, 4) is 0 Å². The zero-order chi connectivity index (χ0) is 28.4. The Morgan fingerprint density at radius 1 is 0.846 bits per heavy atom. The molecule has 4 amide bonds. The molecule has 1 heterocycles. The molecule has 0 saturated carbocycles. The second kappa shape index (κ2) is 13.7. The highest BCUT2D eigenvalue weighted by Crippen LogP contribution is 2.24. The number of hydrogen-bond donors (Lipinski definition) is 4. The summed E-state index contributed by atoms with van der Waals surface area (Å²) in [5.74, 6) is -3.88. The molecule has 0 fully saturated rings. The van der Waals surface area contributed by atoms with Gasteiger partial charge in [-0.25, -0.2) is 10.2 Å². The smallest absolute Gasteiger partial charge is 0.338 e. The Bertz CT molecular complexity index is 1420. The predicted molar refractivity (Wildman–Crippen MR) is 142 cm³/mol. The number of amides is 4. The number of hydrogen-bond acceptors (Lipinski definition) is 8. The van der Waals surface area contributed by atoms with Crippen molar-refractivity contribution in [2.45, 2.75) is 13.5 Å². The van der Waals surface area contributed by atoms with E-state index in [9.17, 15) is 24.0 Å². The Morgan fingerprint density at radius 2 is 1.51 bits per heavy atom. The molecular formula is C25H21Cl2N5O7. The van der Waals surface area contributed by atoms with Gasteiger partial charge in [0.2, 0.25) is 0 Å². The Labute approximate surface area is 231 Å². The van der Waals surface area contributed by atoms with Gasteiger partial charge in [-0.3, -0.25) is 19.2 Å². The molecule has 0 aliphatic heterocycles. The van der Waals surface area contributed by atoms with E-state index in [2.05, 4.69) is 21.1 Å². The monoisotopic (exact) mass is 573 g/mol. The van der Waals surface area contributed by atoms with Gasteiger partial charge in [-0.1, -0.05) is 23.2 Å². The van der Waals surface area contributed by atoms with Crippen molar-refractivity contribution in [2.24, 2.45) is 5.10 Å². The number of ether oxygens (including phenoxy) is 1. The SMILES string of the molecule is CCOC(=O)c1ccc(NC(=O)C(=O)N/N=C/c2ccc(CNC(=O)C(=O)Nc3ccc(Cl)c(Cl)c3)o2)cc1. The molecule has 0 unspecified atom stereocenters. The molecule has 0 aliphatic rings. The van der Waals surface area contributed by atoms with Gasteiger partial charge < -0.3 is 25.1 Å². The highest BCUT2D eigenvalue weighted by Gasteiger charge is 2.16. The van der Waals surface area contributed by atoms with E-state index >= 15 is 0 Å². The van der Waals surface area contributed by atoms with Crippen LogP contribution >= 0.6 is 23.2 Å². The number of carbonyl (C=O) groups excluding carboxylic acids is 5. The van der Waals surface area contributed by atoms with E-state index in [0.717, 1.165) is 6.21 Å². The summed E-state index contributed by atoms with van der Waals surface area (Å²) in [6.45, 7) is 1.81. The fourth-order valence-electron chi connectivity index (χ4n) is 2.87. The van der Waals surface area contributed by atoms with E-state index in [4.69, 9.17) is 32.4 Å². The molecule has 0 aliphatic carbocycles. The lowest BCUT2D eigenvalue weighted by molar-refractivity contribution is -0.136. The average molecular weight is 574 g/mol. The van der Waals surface area contributed by atoms with Crippen LogP contribution in [0.3, 0.4) is 0 Å².